The average Bonchev–Trinajstić information content (AvgIpc) is 1.63. The van der Waals surface area contributed by atoms with Gasteiger partial charge in [-0.25, -0.2) is 9.13 Å². The number of hydrogen-bond acceptors (Lipinski definition) is 15. The van der Waals surface area contributed by atoms with Crippen LogP contribution < -0.4 is 0 Å². The molecule has 0 rings (SSSR count). The van der Waals surface area contributed by atoms with E-state index in [1.54, 1.807) is 0 Å². The summed E-state index contributed by atoms with van der Waals surface area (Å²) in [6.07, 6.45) is 63.3. The molecule has 6 atom stereocenters. The molecule has 0 fully saturated rings. The molecule has 0 heterocycles. The normalized spacial score (nSPS) is 14.4. The maximum atomic E-state index is 13.1. The minimum atomic E-state index is -4.97. The molecule has 0 aromatic rings. The second-order valence-electron chi connectivity index (χ2n) is 27.7. The molecule has 0 radical (unpaired) electrons. The number of hydrogen-bond donors (Lipinski definition) is 3. The van der Waals surface area contributed by atoms with Crippen LogP contribution in [0.3, 0.4) is 0 Å². The maximum Gasteiger partial charge on any atom is 0.472 e. The van der Waals surface area contributed by atoms with Crippen LogP contribution in [0.4, 0.5) is 0 Å². The number of aliphatic hydroxyl groups is 1. The molecule has 0 saturated carbocycles. The summed E-state index contributed by atoms with van der Waals surface area (Å²) in [5.41, 5.74) is 0. The Labute approximate surface area is 592 Å². The summed E-state index contributed by atoms with van der Waals surface area (Å²) in [4.78, 5) is 72.8. The number of carbonyl (C=O) groups is 4. The highest BCUT2D eigenvalue weighted by Gasteiger charge is 2.30. The van der Waals surface area contributed by atoms with Gasteiger partial charge in [-0.3, -0.25) is 37.3 Å². The van der Waals surface area contributed by atoms with Crippen molar-refractivity contribution in [1.29, 1.82) is 0 Å². The van der Waals surface area contributed by atoms with Gasteiger partial charge in [0, 0.05) is 25.7 Å². The molecule has 0 aliphatic carbocycles. The summed E-state index contributed by atoms with van der Waals surface area (Å²) < 4.78 is 68.5. The van der Waals surface area contributed by atoms with Crippen molar-refractivity contribution in [2.75, 3.05) is 39.6 Å². The van der Waals surface area contributed by atoms with Gasteiger partial charge in [0.25, 0.3) is 0 Å². The lowest BCUT2D eigenvalue weighted by Gasteiger charge is -2.21. The van der Waals surface area contributed by atoms with E-state index in [4.69, 9.17) is 37.0 Å². The van der Waals surface area contributed by atoms with E-state index in [1.165, 1.54) is 186 Å². The molecule has 19 heteroatoms. The molecule has 17 nitrogen and oxygen atoms in total. The van der Waals surface area contributed by atoms with Crippen molar-refractivity contribution in [2.45, 2.75) is 406 Å². The fourth-order valence-corrected chi connectivity index (χ4v) is 13.1. The maximum absolute atomic E-state index is 13.1. The molecular weight excluding hydrogens is 1270 g/mol. The van der Waals surface area contributed by atoms with Crippen LogP contribution in [0.25, 0.3) is 0 Å². The number of ether oxygens (including phenoxy) is 4. The van der Waals surface area contributed by atoms with Crippen molar-refractivity contribution < 1.29 is 80.2 Å². The summed E-state index contributed by atoms with van der Waals surface area (Å²) in [6, 6.07) is 0. The minimum absolute atomic E-state index is 0.102. The molecule has 0 aromatic heterocycles. The smallest absolute Gasteiger partial charge is 0.462 e. The first-order chi connectivity index (χ1) is 47.1. The third-order valence-electron chi connectivity index (χ3n) is 18.0. The molecule has 0 aromatic carbocycles. The van der Waals surface area contributed by atoms with Gasteiger partial charge in [0.15, 0.2) is 12.2 Å². The first-order valence-corrected chi connectivity index (χ1v) is 43.0. The predicted octanol–water partition coefficient (Wildman–Crippen LogP) is 22.8. The largest absolute Gasteiger partial charge is 0.472 e. The van der Waals surface area contributed by atoms with Gasteiger partial charge >= 0.3 is 39.5 Å². The number of phosphoric acid groups is 2. The first-order valence-electron chi connectivity index (χ1n) is 40.0. The first kappa shape index (κ1) is 94.5. The summed E-state index contributed by atoms with van der Waals surface area (Å²) in [7, 11) is -9.92. The monoisotopic (exact) mass is 1420 g/mol. The minimum Gasteiger partial charge on any atom is -0.462 e. The average molecular weight is 1420 g/mol. The van der Waals surface area contributed by atoms with E-state index in [2.05, 4.69) is 58.9 Å². The molecule has 0 aliphatic heterocycles. The quantitative estimate of drug-likeness (QED) is 0.0169. The number of esters is 4. The van der Waals surface area contributed by atoms with E-state index in [0.29, 0.717) is 25.7 Å². The zero-order valence-electron chi connectivity index (χ0n) is 62.7. The van der Waals surface area contributed by atoms with Crippen molar-refractivity contribution in [3.05, 3.63) is 24.3 Å². The van der Waals surface area contributed by atoms with Gasteiger partial charge in [-0.15, -0.1) is 0 Å². The highest BCUT2D eigenvalue weighted by atomic mass is 31.2. The van der Waals surface area contributed by atoms with Crippen molar-refractivity contribution in [2.24, 2.45) is 5.92 Å². The van der Waals surface area contributed by atoms with E-state index in [1.807, 2.05) is 0 Å². The lowest BCUT2D eigenvalue weighted by atomic mass is 9.99. The van der Waals surface area contributed by atoms with Crippen LogP contribution in [0.1, 0.15) is 388 Å². The van der Waals surface area contributed by atoms with Crippen LogP contribution in [0.15, 0.2) is 24.3 Å². The van der Waals surface area contributed by atoms with E-state index < -0.39 is 97.5 Å². The molecule has 572 valence electrons. The van der Waals surface area contributed by atoms with Crippen LogP contribution in [-0.4, -0.2) is 96.7 Å². The van der Waals surface area contributed by atoms with Crippen LogP contribution in [0, 0.1) is 5.92 Å². The van der Waals surface area contributed by atoms with Crippen molar-refractivity contribution in [3.63, 3.8) is 0 Å². The Morgan fingerprint density at radius 1 is 0.330 bits per heavy atom. The second-order valence-corrected chi connectivity index (χ2v) is 30.6. The number of unbranched alkanes of at least 4 members (excludes halogenated alkanes) is 44. The second kappa shape index (κ2) is 70.6. The van der Waals surface area contributed by atoms with Crippen molar-refractivity contribution in [1.82, 2.24) is 0 Å². The Morgan fingerprint density at radius 3 is 0.876 bits per heavy atom. The topological polar surface area (TPSA) is 237 Å². The van der Waals surface area contributed by atoms with Gasteiger partial charge in [-0.2, -0.15) is 0 Å². The summed E-state index contributed by atoms with van der Waals surface area (Å²) in [6.45, 7) is 7.23. The Bertz CT molecular complexity index is 1950. The molecule has 0 aliphatic rings. The predicted molar refractivity (Wildman–Crippen MR) is 395 cm³/mol. The van der Waals surface area contributed by atoms with E-state index in [-0.39, 0.29) is 25.7 Å². The van der Waals surface area contributed by atoms with Gasteiger partial charge in [0.05, 0.1) is 26.4 Å². The highest BCUT2D eigenvalue weighted by molar-refractivity contribution is 7.47. The van der Waals surface area contributed by atoms with Crippen LogP contribution in [-0.2, 0) is 65.4 Å². The summed E-state index contributed by atoms with van der Waals surface area (Å²) in [5, 5.41) is 10.6. The molecule has 3 N–H and O–H groups in total. The number of rotatable bonds is 76. The Hall–Kier alpha value is -2.46. The molecule has 0 spiro atoms. The number of aliphatic hydroxyl groups excluding tert-OH is 1. The van der Waals surface area contributed by atoms with Crippen LogP contribution in [0.5, 0.6) is 0 Å². The summed E-state index contributed by atoms with van der Waals surface area (Å²) >= 11 is 0. The number of carbonyl (C=O) groups excluding carboxylic acids is 4. The van der Waals surface area contributed by atoms with E-state index >= 15 is 0 Å². The lowest BCUT2D eigenvalue weighted by molar-refractivity contribution is -0.161. The zero-order chi connectivity index (χ0) is 71.2. The third-order valence-corrected chi connectivity index (χ3v) is 19.9. The molecule has 3 unspecified atom stereocenters. The Kier molecular flexibility index (Phi) is 68.8. The van der Waals surface area contributed by atoms with Gasteiger partial charge < -0.3 is 33.8 Å². The van der Waals surface area contributed by atoms with Crippen LogP contribution in [0.2, 0.25) is 0 Å². The standard InChI is InChI=1S/C78H148O17P2/c1-6-10-13-16-19-22-24-26-28-29-30-31-32-34-36-38-43-48-53-58-63-77(82)95-74(68-89-76(81)62-57-52-47-42-37-35-33-27-25-23-20-17-14-11-7-2)70-93-97(86,87)91-66-72(79)65-90-96(84,85)92-69-73(67-88-75(80)61-56-51-46-21-18-15-12-8-3)94-78(83)64-59-54-49-44-40-39-41-45-50-55-60-71(5)9-4/h23,25,27,33,71-74,79H,6-22,24,26,28-32,34-70H2,1-5H3,(H,84,85)(H,86,87)/b25-23-,33-27-/t71?,72-,73+,74+/m0/s1. The van der Waals surface area contributed by atoms with Crippen LogP contribution >= 0.6 is 15.6 Å². The van der Waals surface area contributed by atoms with Gasteiger partial charge in [-0.1, -0.05) is 335 Å². The lowest BCUT2D eigenvalue weighted by Crippen LogP contribution is -2.30. The third kappa shape index (κ3) is 70.4. The SMILES string of the molecule is CCCCCC/C=C\C=C/CCCCCCCC(=O)OC[C@H](COP(=O)(O)OC[C@@H](O)COP(=O)(O)OC[C@@H](COC(=O)CCCCCCCCCC)OC(=O)CCCCCCCCCCCCC(C)CC)OC(=O)CCCCCCCCCCCCCCCCCCCCCC. The number of allylic oxidation sites excluding steroid dienone is 4. The molecule has 0 saturated heterocycles. The Morgan fingerprint density at radius 2 is 0.577 bits per heavy atom. The van der Waals surface area contributed by atoms with Gasteiger partial charge in [0.2, 0.25) is 0 Å². The van der Waals surface area contributed by atoms with Crippen molar-refractivity contribution in [3.8, 4) is 0 Å². The van der Waals surface area contributed by atoms with Gasteiger partial charge in [-0.05, 0) is 57.3 Å². The Balaban J connectivity index is 5.23. The fourth-order valence-electron chi connectivity index (χ4n) is 11.5. The molecular formula is C78H148O17P2. The van der Waals surface area contributed by atoms with E-state index in [0.717, 1.165) is 121 Å². The zero-order valence-corrected chi connectivity index (χ0v) is 64.5. The molecule has 0 bridgehead atoms. The fraction of sp³-hybridized carbons (Fsp3) is 0.897. The highest BCUT2D eigenvalue weighted by Crippen LogP contribution is 2.45. The molecule has 97 heavy (non-hydrogen) atoms. The van der Waals surface area contributed by atoms with E-state index in [9.17, 15) is 43.2 Å². The van der Waals surface area contributed by atoms with Crippen molar-refractivity contribution >= 4 is 39.5 Å². The number of phosphoric ester groups is 2. The summed E-state index contributed by atoms with van der Waals surface area (Å²) in [5.74, 6) is -1.34. The molecule has 0 amide bonds. The van der Waals surface area contributed by atoms with Gasteiger partial charge in [0.1, 0.15) is 19.3 Å².